The molecule has 35 heavy (non-hydrogen) atoms. The Kier molecular flexibility index (Phi) is 6.75. The molecule has 0 saturated carbocycles. The Morgan fingerprint density at radius 1 is 1.00 bits per heavy atom. The number of aromatic nitrogens is 2. The zero-order valence-electron chi connectivity index (χ0n) is 20.0. The number of benzene rings is 2. The number of fused-ring (bicyclic) bond motifs is 1. The van der Waals surface area contributed by atoms with Crippen LogP contribution in [0.2, 0.25) is 0 Å². The summed E-state index contributed by atoms with van der Waals surface area (Å²) in [6, 6.07) is 17.9. The summed E-state index contributed by atoms with van der Waals surface area (Å²) in [4.78, 5) is 38.8. The Hall–Kier alpha value is -3.74. The number of hydrogen-bond acceptors (Lipinski definition) is 6. The number of hydrogen-bond donors (Lipinski definition) is 0. The highest BCUT2D eigenvalue weighted by molar-refractivity contribution is 5.95. The van der Waals surface area contributed by atoms with Crippen LogP contribution in [-0.2, 0) is 22.5 Å². The lowest BCUT2D eigenvalue weighted by Crippen LogP contribution is -2.42. The zero-order valence-corrected chi connectivity index (χ0v) is 20.0. The Morgan fingerprint density at radius 3 is 2.54 bits per heavy atom. The van der Waals surface area contributed by atoms with E-state index in [0.29, 0.717) is 38.2 Å². The monoisotopic (exact) mass is 470 g/mol. The van der Waals surface area contributed by atoms with Crippen molar-refractivity contribution >= 4 is 17.7 Å². The van der Waals surface area contributed by atoms with Crippen LogP contribution in [0, 0.1) is 5.92 Å². The van der Waals surface area contributed by atoms with E-state index in [1.54, 1.807) is 6.33 Å². The molecule has 0 spiro atoms. The molecule has 2 aliphatic rings. The Bertz CT molecular complexity index is 1200. The van der Waals surface area contributed by atoms with Gasteiger partial charge in [0.25, 0.3) is 5.91 Å². The van der Waals surface area contributed by atoms with E-state index in [9.17, 15) is 9.59 Å². The molecule has 0 N–H and O–H groups in total. The maximum atomic E-state index is 13.4. The first-order chi connectivity index (χ1) is 17.1. The molecule has 7 heteroatoms. The highest BCUT2D eigenvalue weighted by Crippen LogP contribution is 2.30. The van der Waals surface area contributed by atoms with Crippen LogP contribution < -0.4 is 4.90 Å². The Labute approximate surface area is 205 Å². The molecule has 1 fully saturated rings. The number of carbonyl (C=O) groups is 2. The summed E-state index contributed by atoms with van der Waals surface area (Å²) in [7, 11) is 0. The smallest absolute Gasteiger partial charge is 0.310 e. The van der Waals surface area contributed by atoms with Gasteiger partial charge in [-0.1, -0.05) is 42.5 Å². The minimum Gasteiger partial charge on any atom is -0.466 e. The maximum absolute atomic E-state index is 13.4. The van der Waals surface area contributed by atoms with Gasteiger partial charge in [0.1, 0.15) is 12.1 Å². The summed E-state index contributed by atoms with van der Waals surface area (Å²) in [5, 5.41) is 0. The first kappa shape index (κ1) is 23.0. The first-order valence-electron chi connectivity index (χ1n) is 12.3. The topological polar surface area (TPSA) is 75.6 Å². The molecule has 1 unspecified atom stereocenters. The minimum atomic E-state index is -0.154. The van der Waals surface area contributed by atoms with Gasteiger partial charge in [-0.2, -0.15) is 0 Å². The van der Waals surface area contributed by atoms with Gasteiger partial charge in [-0.3, -0.25) is 9.59 Å². The highest BCUT2D eigenvalue weighted by Gasteiger charge is 2.31. The van der Waals surface area contributed by atoms with Crippen LogP contribution >= 0.6 is 0 Å². The molecule has 2 aromatic carbocycles. The van der Waals surface area contributed by atoms with Crippen molar-refractivity contribution in [2.75, 3.05) is 31.1 Å². The molecule has 1 aromatic heterocycles. The van der Waals surface area contributed by atoms with Crippen molar-refractivity contribution < 1.29 is 14.3 Å². The van der Waals surface area contributed by atoms with Gasteiger partial charge in [0.2, 0.25) is 0 Å². The fourth-order valence-corrected chi connectivity index (χ4v) is 5.01. The summed E-state index contributed by atoms with van der Waals surface area (Å²) in [6.07, 6.45) is 4.01. The third kappa shape index (κ3) is 4.90. The van der Waals surface area contributed by atoms with Gasteiger partial charge >= 0.3 is 5.97 Å². The molecule has 3 heterocycles. The molecule has 2 aliphatic heterocycles. The lowest BCUT2D eigenvalue weighted by Gasteiger charge is -2.36. The van der Waals surface area contributed by atoms with E-state index >= 15 is 0 Å². The standard InChI is InChI=1S/C28H30N4O3/c1-2-35-28(34)23-9-6-15-31(17-23)26-24-18-32(16-14-25(24)29-19-30-26)27(33)22-12-10-21(11-13-22)20-7-4-3-5-8-20/h3-5,7-8,10-13,19,23H,2,6,9,14-18H2,1H3. The van der Waals surface area contributed by atoms with Crippen molar-refractivity contribution in [1.82, 2.24) is 14.9 Å². The second-order valence-electron chi connectivity index (χ2n) is 9.08. The van der Waals surface area contributed by atoms with Crippen LogP contribution in [-0.4, -0.2) is 53.0 Å². The van der Waals surface area contributed by atoms with E-state index < -0.39 is 0 Å². The molecule has 1 amide bonds. The van der Waals surface area contributed by atoms with Crippen molar-refractivity contribution in [2.45, 2.75) is 32.7 Å². The van der Waals surface area contributed by atoms with Crippen LogP contribution in [0.4, 0.5) is 5.82 Å². The summed E-state index contributed by atoms with van der Waals surface area (Å²) in [6.45, 7) is 4.71. The van der Waals surface area contributed by atoms with Crippen LogP contribution in [0.1, 0.15) is 41.4 Å². The highest BCUT2D eigenvalue weighted by atomic mass is 16.5. The van der Waals surface area contributed by atoms with E-state index in [2.05, 4.69) is 27.0 Å². The first-order valence-corrected chi connectivity index (χ1v) is 12.3. The Morgan fingerprint density at radius 2 is 1.77 bits per heavy atom. The summed E-state index contributed by atoms with van der Waals surface area (Å²) >= 11 is 0. The van der Waals surface area contributed by atoms with E-state index in [1.165, 1.54) is 0 Å². The predicted octanol–water partition coefficient (Wildman–Crippen LogP) is 4.12. The molecular formula is C28H30N4O3. The molecule has 1 atom stereocenters. The van der Waals surface area contributed by atoms with Crippen LogP contribution in [0.3, 0.4) is 0 Å². The minimum absolute atomic E-state index is 0.00751. The molecule has 0 aliphatic carbocycles. The second kappa shape index (κ2) is 10.3. The average molecular weight is 471 g/mol. The molecule has 0 radical (unpaired) electrons. The van der Waals surface area contributed by atoms with Crippen molar-refractivity contribution in [3.8, 4) is 11.1 Å². The molecule has 3 aromatic rings. The number of rotatable bonds is 5. The van der Waals surface area contributed by atoms with E-state index in [-0.39, 0.29) is 17.8 Å². The van der Waals surface area contributed by atoms with E-state index in [1.807, 2.05) is 54.3 Å². The molecule has 180 valence electrons. The third-order valence-corrected chi connectivity index (χ3v) is 6.85. The fourth-order valence-electron chi connectivity index (χ4n) is 5.01. The van der Waals surface area contributed by atoms with Crippen molar-refractivity contribution in [3.05, 3.63) is 77.7 Å². The summed E-state index contributed by atoms with van der Waals surface area (Å²) in [5.74, 6) is 0.545. The zero-order chi connectivity index (χ0) is 24.2. The summed E-state index contributed by atoms with van der Waals surface area (Å²) in [5.41, 5.74) is 4.85. The molecule has 0 bridgehead atoms. The van der Waals surface area contributed by atoms with Gasteiger partial charge in [-0.25, -0.2) is 9.97 Å². The normalized spacial score (nSPS) is 17.6. The lowest BCUT2D eigenvalue weighted by atomic mass is 9.97. The molecule has 5 rings (SSSR count). The SMILES string of the molecule is CCOC(=O)C1CCCN(c2ncnc3c2CN(C(=O)c2ccc(-c4ccccc4)cc2)CC3)C1. The number of esters is 1. The van der Waals surface area contributed by atoms with Gasteiger partial charge in [-0.15, -0.1) is 0 Å². The molecular weight excluding hydrogens is 440 g/mol. The third-order valence-electron chi connectivity index (χ3n) is 6.85. The van der Waals surface area contributed by atoms with Crippen molar-refractivity contribution in [3.63, 3.8) is 0 Å². The van der Waals surface area contributed by atoms with Gasteiger partial charge in [-0.05, 0) is 43.0 Å². The lowest BCUT2D eigenvalue weighted by molar-refractivity contribution is -0.148. The van der Waals surface area contributed by atoms with Gasteiger partial charge in [0.15, 0.2) is 0 Å². The van der Waals surface area contributed by atoms with Gasteiger partial charge in [0, 0.05) is 37.2 Å². The van der Waals surface area contributed by atoms with Crippen LogP contribution in [0.25, 0.3) is 11.1 Å². The van der Waals surface area contributed by atoms with Crippen molar-refractivity contribution in [1.29, 1.82) is 0 Å². The fraction of sp³-hybridized carbons (Fsp3) is 0.357. The van der Waals surface area contributed by atoms with E-state index in [4.69, 9.17) is 4.74 Å². The number of amides is 1. The van der Waals surface area contributed by atoms with Crippen LogP contribution in [0.15, 0.2) is 60.9 Å². The number of anilines is 1. The largest absolute Gasteiger partial charge is 0.466 e. The van der Waals surface area contributed by atoms with Crippen LogP contribution in [0.5, 0.6) is 0 Å². The maximum Gasteiger partial charge on any atom is 0.310 e. The number of carbonyl (C=O) groups excluding carboxylic acids is 2. The Balaban J connectivity index is 1.33. The van der Waals surface area contributed by atoms with Gasteiger partial charge < -0.3 is 14.5 Å². The van der Waals surface area contributed by atoms with E-state index in [0.717, 1.165) is 47.6 Å². The summed E-state index contributed by atoms with van der Waals surface area (Å²) < 4.78 is 5.26. The average Bonchev–Trinajstić information content (AvgIpc) is 2.93. The van der Waals surface area contributed by atoms with Gasteiger partial charge in [0.05, 0.1) is 24.8 Å². The predicted molar refractivity (Wildman–Crippen MR) is 134 cm³/mol. The quantitative estimate of drug-likeness (QED) is 0.522. The number of piperidine rings is 1. The molecule has 7 nitrogen and oxygen atoms in total. The number of nitrogens with zero attached hydrogens (tertiary/aromatic N) is 4. The van der Waals surface area contributed by atoms with Crippen molar-refractivity contribution in [2.24, 2.45) is 5.92 Å². The molecule has 1 saturated heterocycles. The number of ether oxygens (including phenoxy) is 1. The second-order valence-corrected chi connectivity index (χ2v) is 9.08.